The predicted molar refractivity (Wildman–Crippen MR) is 71.3 cm³/mol. The van der Waals surface area contributed by atoms with Crippen LogP contribution in [0.15, 0.2) is 30.3 Å². The lowest BCUT2D eigenvalue weighted by Crippen LogP contribution is -2.26. The summed E-state index contributed by atoms with van der Waals surface area (Å²) in [5.74, 6) is -1.32. The van der Waals surface area contributed by atoms with E-state index < -0.39 is 5.97 Å². The van der Waals surface area contributed by atoms with Gasteiger partial charge in [-0.1, -0.05) is 29.8 Å². The van der Waals surface area contributed by atoms with Crippen LogP contribution in [0.4, 0.5) is 0 Å². The molecule has 0 spiro atoms. The van der Waals surface area contributed by atoms with Crippen LogP contribution in [-0.2, 0) is 4.79 Å². The monoisotopic (exact) mass is 278 g/mol. The second kappa shape index (κ2) is 5.67. The summed E-state index contributed by atoms with van der Waals surface area (Å²) >= 11 is 5.87. The third-order valence-corrected chi connectivity index (χ3v) is 2.75. The predicted octanol–water partition coefficient (Wildman–Crippen LogP) is 2.09. The van der Waals surface area contributed by atoms with Crippen LogP contribution in [0, 0.1) is 0 Å². The number of fused-ring (bicyclic) bond motifs is 1. The van der Waals surface area contributed by atoms with Crippen LogP contribution in [0.5, 0.6) is 0 Å². The Labute approximate surface area is 114 Å². The summed E-state index contributed by atoms with van der Waals surface area (Å²) in [7, 11) is 0. The third kappa shape index (κ3) is 3.20. The maximum atomic E-state index is 12.0. The van der Waals surface area contributed by atoms with Gasteiger partial charge < -0.3 is 10.4 Å². The van der Waals surface area contributed by atoms with Crippen molar-refractivity contribution in [3.63, 3.8) is 0 Å². The molecule has 1 aromatic heterocycles. The van der Waals surface area contributed by atoms with Crippen molar-refractivity contribution in [3.05, 3.63) is 41.0 Å². The molecule has 2 N–H and O–H groups in total. The fraction of sp³-hybridized carbons (Fsp3) is 0.154. The fourth-order valence-corrected chi connectivity index (χ4v) is 1.91. The smallest absolute Gasteiger partial charge is 0.305 e. The molecule has 98 valence electrons. The van der Waals surface area contributed by atoms with Crippen LogP contribution < -0.4 is 5.32 Å². The van der Waals surface area contributed by atoms with Crippen LogP contribution in [0.3, 0.4) is 0 Å². The van der Waals surface area contributed by atoms with Gasteiger partial charge in [0.15, 0.2) is 0 Å². The Balaban J connectivity index is 2.28. The highest BCUT2D eigenvalue weighted by molar-refractivity contribution is 6.30. The van der Waals surface area contributed by atoms with Crippen molar-refractivity contribution in [3.8, 4) is 0 Å². The first kappa shape index (κ1) is 13.3. The number of hydrogen-bond acceptors (Lipinski definition) is 3. The highest BCUT2D eigenvalue weighted by atomic mass is 35.5. The second-order valence-corrected chi connectivity index (χ2v) is 4.30. The van der Waals surface area contributed by atoms with E-state index in [-0.39, 0.29) is 24.0 Å². The number of rotatable bonds is 4. The zero-order valence-corrected chi connectivity index (χ0v) is 10.6. The van der Waals surface area contributed by atoms with Gasteiger partial charge in [0.2, 0.25) is 0 Å². The highest BCUT2D eigenvalue weighted by Crippen LogP contribution is 2.20. The maximum absolute atomic E-state index is 12.0. The zero-order valence-electron chi connectivity index (χ0n) is 9.89. The summed E-state index contributed by atoms with van der Waals surface area (Å²) in [6.45, 7) is 0.0719. The van der Waals surface area contributed by atoms with Gasteiger partial charge in [0.05, 0.1) is 17.5 Å². The first-order valence-corrected chi connectivity index (χ1v) is 6.01. The Morgan fingerprint density at radius 1 is 1.32 bits per heavy atom. The van der Waals surface area contributed by atoms with E-state index in [1.54, 1.807) is 24.3 Å². The lowest BCUT2D eigenvalue weighted by molar-refractivity contribution is -0.136. The molecule has 5 nitrogen and oxygen atoms in total. The van der Waals surface area contributed by atoms with Crippen molar-refractivity contribution >= 4 is 34.4 Å². The standard InChI is InChI=1S/C13H11ClN2O3/c14-11-7-9(13(19)15-6-5-12(17)18)8-3-1-2-4-10(8)16-11/h1-4,7H,5-6H2,(H,15,19)(H,17,18). The van der Waals surface area contributed by atoms with E-state index in [2.05, 4.69) is 10.3 Å². The first-order chi connectivity index (χ1) is 9.08. The molecule has 0 aliphatic carbocycles. The molecule has 0 saturated carbocycles. The van der Waals surface area contributed by atoms with Crippen molar-refractivity contribution in [1.82, 2.24) is 10.3 Å². The van der Waals surface area contributed by atoms with Gasteiger partial charge in [-0.15, -0.1) is 0 Å². The average Bonchev–Trinajstić information content (AvgIpc) is 2.37. The Morgan fingerprint density at radius 2 is 2.05 bits per heavy atom. The molecule has 0 aliphatic rings. The molecule has 1 amide bonds. The third-order valence-electron chi connectivity index (χ3n) is 2.55. The number of carboxylic acids is 1. The topological polar surface area (TPSA) is 79.3 Å². The molecule has 0 radical (unpaired) electrons. The lowest BCUT2D eigenvalue weighted by Gasteiger charge is -2.07. The van der Waals surface area contributed by atoms with Gasteiger partial charge in [-0.2, -0.15) is 0 Å². The minimum absolute atomic E-state index is 0.0719. The zero-order chi connectivity index (χ0) is 13.8. The van der Waals surface area contributed by atoms with E-state index in [1.807, 2.05) is 0 Å². The second-order valence-electron chi connectivity index (χ2n) is 3.91. The number of para-hydroxylation sites is 1. The van der Waals surface area contributed by atoms with Gasteiger partial charge in [-0.3, -0.25) is 9.59 Å². The molecule has 0 fully saturated rings. The summed E-state index contributed by atoms with van der Waals surface area (Å²) in [6.07, 6.45) is -0.123. The number of nitrogens with one attached hydrogen (secondary N) is 1. The van der Waals surface area contributed by atoms with Crippen molar-refractivity contribution in [1.29, 1.82) is 0 Å². The molecule has 2 aromatic rings. The average molecular weight is 279 g/mol. The quantitative estimate of drug-likeness (QED) is 0.840. The van der Waals surface area contributed by atoms with Crippen LogP contribution in [0.25, 0.3) is 10.9 Å². The number of hydrogen-bond donors (Lipinski definition) is 2. The number of aliphatic carboxylic acids is 1. The largest absolute Gasteiger partial charge is 0.481 e. The number of amides is 1. The maximum Gasteiger partial charge on any atom is 0.305 e. The van der Waals surface area contributed by atoms with Crippen LogP contribution in [0.2, 0.25) is 5.15 Å². The van der Waals surface area contributed by atoms with Gasteiger partial charge in [0, 0.05) is 11.9 Å². The normalized spacial score (nSPS) is 10.4. The Kier molecular flexibility index (Phi) is 3.97. The highest BCUT2D eigenvalue weighted by Gasteiger charge is 2.12. The molecule has 1 aromatic carbocycles. The van der Waals surface area contributed by atoms with Crippen molar-refractivity contribution < 1.29 is 14.7 Å². The lowest BCUT2D eigenvalue weighted by atomic mass is 10.1. The number of aromatic nitrogens is 1. The van der Waals surface area contributed by atoms with Gasteiger partial charge in [0.25, 0.3) is 5.91 Å². The van der Waals surface area contributed by atoms with E-state index in [0.717, 1.165) is 0 Å². The molecule has 19 heavy (non-hydrogen) atoms. The minimum Gasteiger partial charge on any atom is -0.481 e. The Morgan fingerprint density at radius 3 is 2.79 bits per heavy atom. The van der Waals surface area contributed by atoms with Gasteiger partial charge in [0.1, 0.15) is 5.15 Å². The number of carbonyl (C=O) groups excluding carboxylic acids is 1. The summed E-state index contributed by atoms with van der Waals surface area (Å²) < 4.78 is 0. The number of pyridine rings is 1. The van der Waals surface area contributed by atoms with Crippen LogP contribution in [-0.4, -0.2) is 28.5 Å². The summed E-state index contributed by atoms with van der Waals surface area (Å²) in [5.41, 5.74) is 1.01. The Hall–Kier alpha value is -2.14. The van der Waals surface area contributed by atoms with Gasteiger partial charge in [-0.25, -0.2) is 4.98 Å². The van der Waals surface area contributed by atoms with Crippen molar-refractivity contribution in [2.75, 3.05) is 6.54 Å². The summed E-state index contributed by atoms with van der Waals surface area (Å²) in [5, 5.41) is 12.0. The van der Waals surface area contributed by atoms with Gasteiger partial charge in [-0.05, 0) is 12.1 Å². The molecular formula is C13H11ClN2O3. The molecular weight excluding hydrogens is 268 g/mol. The van der Waals surface area contributed by atoms with E-state index in [4.69, 9.17) is 16.7 Å². The van der Waals surface area contributed by atoms with Crippen LogP contribution in [0.1, 0.15) is 16.8 Å². The number of carboxylic acid groups (broad SMARTS) is 1. The molecule has 0 atom stereocenters. The Bertz CT molecular complexity index is 643. The van der Waals surface area contributed by atoms with E-state index in [9.17, 15) is 9.59 Å². The minimum atomic E-state index is -0.960. The first-order valence-electron chi connectivity index (χ1n) is 5.63. The molecule has 1 heterocycles. The van der Waals surface area contributed by atoms with Crippen LogP contribution >= 0.6 is 11.6 Å². The van der Waals surface area contributed by atoms with E-state index in [1.165, 1.54) is 6.07 Å². The summed E-state index contributed by atoms with van der Waals surface area (Å²) in [6, 6.07) is 8.60. The van der Waals surface area contributed by atoms with Gasteiger partial charge >= 0.3 is 5.97 Å². The van der Waals surface area contributed by atoms with Crippen molar-refractivity contribution in [2.45, 2.75) is 6.42 Å². The molecule has 0 bridgehead atoms. The molecule has 0 saturated heterocycles. The fourth-order valence-electron chi connectivity index (χ4n) is 1.71. The van der Waals surface area contributed by atoms with Crippen molar-refractivity contribution in [2.24, 2.45) is 0 Å². The molecule has 2 rings (SSSR count). The molecule has 6 heteroatoms. The number of halogens is 1. The van der Waals surface area contributed by atoms with E-state index >= 15 is 0 Å². The SMILES string of the molecule is O=C(O)CCNC(=O)c1cc(Cl)nc2ccccc12. The number of carbonyl (C=O) groups is 2. The number of benzene rings is 1. The number of nitrogens with zero attached hydrogens (tertiary/aromatic N) is 1. The van der Waals surface area contributed by atoms with E-state index in [0.29, 0.717) is 16.5 Å². The molecule has 0 unspecified atom stereocenters. The molecule has 0 aliphatic heterocycles. The summed E-state index contributed by atoms with van der Waals surface area (Å²) in [4.78, 5) is 26.5.